The van der Waals surface area contributed by atoms with Gasteiger partial charge in [0.05, 0.1) is 0 Å². The SMILES string of the molecule is Cc1ccc(C)c(OC(=O)N2CCC(N)C2)c1. The number of likely N-dealkylation sites (tertiary alicyclic amines) is 1. The Hall–Kier alpha value is -1.55. The molecule has 1 unspecified atom stereocenters. The maximum atomic E-state index is 11.9. The van der Waals surface area contributed by atoms with Crippen molar-refractivity contribution in [1.29, 1.82) is 0 Å². The molecular weight excluding hydrogens is 216 g/mol. The minimum absolute atomic E-state index is 0.0844. The van der Waals surface area contributed by atoms with Gasteiger partial charge in [0.15, 0.2) is 0 Å². The molecule has 0 saturated carbocycles. The van der Waals surface area contributed by atoms with Gasteiger partial charge in [-0.1, -0.05) is 12.1 Å². The molecule has 1 atom stereocenters. The predicted molar refractivity (Wildman–Crippen MR) is 66.1 cm³/mol. The number of nitrogens with zero attached hydrogens (tertiary/aromatic N) is 1. The van der Waals surface area contributed by atoms with Crippen LogP contribution in [-0.4, -0.2) is 30.1 Å². The van der Waals surface area contributed by atoms with Crippen molar-refractivity contribution in [2.24, 2.45) is 5.73 Å². The van der Waals surface area contributed by atoms with Gasteiger partial charge in [0.1, 0.15) is 5.75 Å². The summed E-state index contributed by atoms with van der Waals surface area (Å²) < 4.78 is 5.39. The van der Waals surface area contributed by atoms with E-state index in [1.807, 2.05) is 32.0 Å². The smallest absolute Gasteiger partial charge is 0.410 e. The first-order chi connectivity index (χ1) is 8.06. The lowest BCUT2D eigenvalue weighted by Crippen LogP contribution is -2.34. The second-order valence-electron chi connectivity index (χ2n) is 4.63. The van der Waals surface area contributed by atoms with E-state index in [1.54, 1.807) is 4.90 Å². The summed E-state index contributed by atoms with van der Waals surface area (Å²) in [4.78, 5) is 13.5. The zero-order valence-corrected chi connectivity index (χ0v) is 10.3. The monoisotopic (exact) mass is 234 g/mol. The van der Waals surface area contributed by atoms with E-state index in [9.17, 15) is 4.79 Å². The number of hydrogen-bond donors (Lipinski definition) is 1. The summed E-state index contributed by atoms with van der Waals surface area (Å²) in [6.07, 6.45) is 0.550. The molecule has 2 N–H and O–H groups in total. The minimum Gasteiger partial charge on any atom is -0.410 e. The lowest BCUT2D eigenvalue weighted by atomic mass is 10.1. The van der Waals surface area contributed by atoms with Crippen LogP contribution in [0.5, 0.6) is 5.75 Å². The molecule has 0 bridgehead atoms. The molecule has 1 aromatic rings. The average Bonchev–Trinajstić information content (AvgIpc) is 2.70. The van der Waals surface area contributed by atoms with Crippen LogP contribution in [0.3, 0.4) is 0 Å². The Labute approximate surface area is 101 Å². The summed E-state index contributed by atoms with van der Waals surface area (Å²) in [5, 5.41) is 0. The van der Waals surface area contributed by atoms with Crippen molar-refractivity contribution >= 4 is 6.09 Å². The molecule has 1 amide bonds. The zero-order chi connectivity index (χ0) is 12.4. The summed E-state index contributed by atoms with van der Waals surface area (Å²) in [5.41, 5.74) is 7.81. The number of benzene rings is 1. The molecule has 1 saturated heterocycles. The predicted octanol–water partition coefficient (Wildman–Crippen LogP) is 1.84. The molecule has 4 nitrogen and oxygen atoms in total. The van der Waals surface area contributed by atoms with Gasteiger partial charge in [-0.05, 0) is 37.5 Å². The molecule has 1 aromatic carbocycles. The topological polar surface area (TPSA) is 55.6 Å². The Bertz CT molecular complexity index is 431. The molecule has 17 heavy (non-hydrogen) atoms. The molecule has 0 aromatic heterocycles. The van der Waals surface area contributed by atoms with Crippen LogP contribution in [0.25, 0.3) is 0 Å². The molecular formula is C13H18N2O2. The van der Waals surface area contributed by atoms with Crippen LogP contribution < -0.4 is 10.5 Å². The van der Waals surface area contributed by atoms with Crippen molar-refractivity contribution in [3.8, 4) is 5.75 Å². The highest BCUT2D eigenvalue weighted by Crippen LogP contribution is 2.20. The van der Waals surface area contributed by atoms with E-state index < -0.39 is 0 Å². The van der Waals surface area contributed by atoms with E-state index >= 15 is 0 Å². The van der Waals surface area contributed by atoms with Crippen molar-refractivity contribution in [3.63, 3.8) is 0 Å². The van der Waals surface area contributed by atoms with Crippen LogP contribution in [0, 0.1) is 13.8 Å². The van der Waals surface area contributed by atoms with Crippen LogP contribution in [0.1, 0.15) is 17.5 Å². The Balaban J connectivity index is 2.05. The van der Waals surface area contributed by atoms with E-state index in [4.69, 9.17) is 10.5 Å². The Kier molecular flexibility index (Phi) is 3.33. The van der Waals surface area contributed by atoms with Gasteiger partial charge in [0.25, 0.3) is 0 Å². The summed E-state index contributed by atoms with van der Waals surface area (Å²) in [6, 6.07) is 5.91. The van der Waals surface area contributed by atoms with Gasteiger partial charge in [-0.2, -0.15) is 0 Å². The number of nitrogens with two attached hydrogens (primary N) is 1. The molecule has 2 rings (SSSR count). The highest BCUT2D eigenvalue weighted by molar-refractivity contribution is 5.71. The van der Waals surface area contributed by atoms with Gasteiger partial charge in [0.2, 0.25) is 0 Å². The van der Waals surface area contributed by atoms with Crippen LogP contribution in [0.2, 0.25) is 0 Å². The number of carbonyl (C=O) groups is 1. The number of amides is 1. The Morgan fingerprint density at radius 1 is 1.47 bits per heavy atom. The fraction of sp³-hybridized carbons (Fsp3) is 0.462. The van der Waals surface area contributed by atoms with Crippen molar-refractivity contribution in [2.75, 3.05) is 13.1 Å². The fourth-order valence-corrected chi connectivity index (χ4v) is 1.93. The first-order valence-corrected chi connectivity index (χ1v) is 5.86. The lowest BCUT2D eigenvalue weighted by molar-refractivity contribution is 0.162. The second kappa shape index (κ2) is 4.75. The highest BCUT2D eigenvalue weighted by Gasteiger charge is 2.25. The van der Waals surface area contributed by atoms with Crippen LogP contribution >= 0.6 is 0 Å². The summed E-state index contributed by atoms with van der Waals surface area (Å²) in [6.45, 7) is 5.18. The maximum absolute atomic E-state index is 11.9. The molecule has 0 spiro atoms. The Morgan fingerprint density at radius 3 is 2.88 bits per heavy atom. The van der Waals surface area contributed by atoms with Crippen molar-refractivity contribution in [2.45, 2.75) is 26.3 Å². The molecule has 92 valence electrons. The van der Waals surface area contributed by atoms with Gasteiger partial charge in [-0.25, -0.2) is 4.79 Å². The fourth-order valence-electron chi connectivity index (χ4n) is 1.93. The lowest BCUT2D eigenvalue weighted by Gasteiger charge is -2.16. The van der Waals surface area contributed by atoms with Crippen LogP contribution in [0.15, 0.2) is 18.2 Å². The van der Waals surface area contributed by atoms with Gasteiger partial charge in [-0.3, -0.25) is 0 Å². The van der Waals surface area contributed by atoms with Crippen molar-refractivity contribution in [3.05, 3.63) is 29.3 Å². The van der Waals surface area contributed by atoms with E-state index in [2.05, 4.69) is 0 Å². The van der Waals surface area contributed by atoms with Gasteiger partial charge in [0, 0.05) is 19.1 Å². The number of carbonyl (C=O) groups excluding carboxylic acids is 1. The number of rotatable bonds is 1. The zero-order valence-electron chi connectivity index (χ0n) is 10.3. The molecule has 1 aliphatic heterocycles. The molecule has 1 aliphatic rings. The first-order valence-electron chi connectivity index (χ1n) is 5.86. The molecule has 0 radical (unpaired) electrons. The van der Waals surface area contributed by atoms with E-state index in [0.717, 1.165) is 17.5 Å². The quantitative estimate of drug-likeness (QED) is 0.806. The Morgan fingerprint density at radius 2 is 2.24 bits per heavy atom. The third kappa shape index (κ3) is 2.77. The normalized spacial score (nSPS) is 19.5. The number of hydrogen-bond acceptors (Lipinski definition) is 3. The second-order valence-corrected chi connectivity index (χ2v) is 4.63. The summed E-state index contributed by atoms with van der Waals surface area (Å²) in [5.74, 6) is 0.635. The van der Waals surface area contributed by atoms with Crippen LogP contribution in [0.4, 0.5) is 4.79 Å². The van der Waals surface area contributed by atoms with E-state index in [0.29, 0.717) is 18.8 Å². The summed E-state index contributed by atoms with van der Waals surface area (Å²) >= 11 is 0. The maximum Gasteiger partial charge on any atom is 0.415 e. The highest BCUT2D eigenvalue weighted by atomic mass is 16.6. The first kappa shape index (κ1) is 11.9. The molecule has 1 fully saturated rings. The molecule has 4 heteroatoms. The third-order valence-electron chi connectivity index (χ3n) is 3.02. The molecule has 1 heterocycles. The van der Waals surface area contributed by atoms with Gasteiger partial charge in [-0.15, -0.1) is 0 Å². The average molecular weight is 234 g/mol. The van der Waals surface area contributed by atoms with Crippen LogP contribution in [-0.2, 0) is 0 Å². The van der Waals surface area contributed by atoms with E-state index in [1.165, 1.54) is 0 Å². The number of aryl methyl sites for hydroxylation is 2. The standard InChI is InChI=1S/C13H18N2O2/c1-9-3-4-10(2)12(7-9)17-13(16)15-6-5-11(14)8-15/h3-4,7,11H,5-6,8,14H2,1-2H3. The van der Waals surface area contributed by atoms with Crippen molar-refractivity contribution < 1.29 is 9.53 Å². The summed E-state index contributed by atoms with van der Waals surface area (Å²) in [7, 11) is 0. The van der Waals surface area contributed by atoms with Gasteiger partial charge >= 0.3 is 6.09 Å². The molecule has 0 aliphatic carbocycles. The van der Waals surface area contributed by atoms with E-state index in [-0.39, 0.29) is 12.1 Å². The third-order valence-corrected chi connectivity index (χ3v) is 3.02. The largest absolute Gasteiger partial charge is 0.415 e. The minimum atomic E-state index is -0.299. The number of ether oxygens (including phenoxy) is 1. The van der Waals surface area contributed by atoms with Gasteiger partial charge < -0.3 is 15.4 Å². The van der Waals surface area contributed by atoms with Crippen molar-refractivity contribution in [1.82, 2.24) is 4.90 Å².